The van der Waals surface area contributed by atoms with Gasteiger partial charge in [-0.15, -0.1) is 0 Å². The second-order valence-corrected chi connectivity index (χ2v) is 7.66. The zero-order valence-electron chi connectivity index (χ0n) is 16.0. The first kappa shape index (κ1) is 20.3. The van der Waals surface area contributed by atoms with Crippen LogP contribution in [0.15, 0.2) is 30.3 Å². The van der Waals surface area contributed by atoms with E-state index in [2.05, 4.69) is 51.1 Å². The fourth-order valence-corrected chi connectivity index (χ4v) is 3.48. The summed E-state index contributed by atoms with van der Waals surface area (Å²) in [6.45, 7) is 7.08. The van der Waals surface area contributed by atoms with Gasteiger partial charge in [-0.3, -0.25) is 0 Å². The Kier molecular flexibility index (Phi) is 12.0. The molecular weight excluding hydrogens is 276 g/mol. The topological polar surface area (TPSA) is 0 Å². The maximum atomic E-state index is 2.39. The molecule has 0 heteroatoms. The molecule has 1 aromatic carbocycles. The third-order valence-electron chi connectivity index (χ3n) is 5.21. The summed E-state index contributed by atoms with van der Waals surface area (Å²) in [6.07, 6.45) is 17.0. The summed E-state index contributed by atoms with van der Waals surface area (Å²) in [5, 5.41) is 0. The van der Waals surface area contributed by atoms with Crippen molar-refractivity contribution in [2.24, 2.45) is 11.8 Å². The zero-order chi connectivity index (χ0) is 16.8. The molecule has 0 radical (unpaired) electrons. The predicted molar refractivity (Wildman–Crippen MR) is 105 cm³/mol. The van der Waals surface area contributed by atoms with E-state index in [1.54, 1.807) is 0 Å². The summed E-state index contributed by atoms with van der Waals surface area (Å²) in [5.74, 6) is 1.65. The van der Waals surface area contributed by atoms with Crippen molar-refractivity contribution in [3.8, 4) is 0 Å². The van der Waals surface area contributed by atoms with Crippen molar-refractivity contribution >= 4 is 0 Å². The molecular formula is C23H40. The largest absolute Gasteiger partial charge is 0.0654 e. The van der Waals surface area contributed by atoms with Gasteiger partial charge >= 0.3 is 0 Å². The lowest BCUT2D eigenvalue weighted by Gasteiger charge is -2.21. The Labute approximate surface area is 146 Å². The second kappa shape index (κ2) is 13.6. The van der Waals surface area contributed by atoms with Gasteiger partial charge in [-0.1, -0.05) is 115 Å². The zero-order valence-corrected chi connectivity index (χ0v) is 16.0. The predicted octanol–water partition coefficient (Wildman–Crippen LogP) is 7.81. The lowest BCUT2D eigenvalue weighted by Crippen LogP contribution is -2.12. The first-order chi connectivity index (χ1) is 11.2. The van der Waals surface area contributed by atoms with Gasteiger partial charge in [0.25, 0.3) is 0 Å². The molecule has 0 aliphatic rings. The van der Waals surface area contributed by atoms with E-state index >= 15 is 0 Å². The third-order valence-corrected chi connectivity index (χ3v) is 5.21. The van der Waals surface area contributed by atoms with E-state index in [4.69, 9.17) is 0 Å². The van der Waals surface area contributed by atoms with Crippen molar-refractivity contribution < 1.29 is 0 Å². The lowest BCUT2D eigenvalue weighted by molar-refractivity contribution is 0.342. The molecule has 0 saturated carbocycles. The fourth-order valence-electron chi connectivity index (χ4n) is 3.48. The van der Waals surface area contributed by atoms with Crippen LogP contribution in [0.3, 0.4) is 0 Å². The molecule has 23 heavy (non-hydrogen) atoms. The Bertz CT molecular complexity index is 352. The molecule has 0 heterocycles. The van der Waals surface area contributed by atoms with Crippen LogP contribution in [0.5, 0.6) is 0 Å². The maximum absolute atomic E-state index is 2.39. The van der Waals surface area contributed by atoms with Crippen LogP contribution in [-0.4, -0.2) is 0 Å². The van der Waals surface area contributed by atoms with Gasteiger partial charge in [-0.2, -0.15) is 0 Å². The first-order valence-electron chi connectivity index (χ1n) is 10.3. The van der Waals surface area contributed by atoms with Gasteiger partial charge in [0.05, 0.1) is 0 Å². The minimum absolute atomic E-state index is 0.800. The number of hydrogen-bond acceptors (Lipinski definition) is 0. The van der Waals surface area contributed by atoms with E-state index in [0.717, 1.165) is 11.8 Å². The second-order valence-electron chi connectivity index (χ2n) is 7.66. The smallest absolute Gasteiger partial charge is 0.0248 e. The van der Waals surface area contributed by atoms with Gasteiger partial charge in [0.15, 0.2) is 0 Å². The molecule has 0 aliphatic heterocycles. The number of rotatable bonds is 14. The van der Waals surface area contributed by atoms with Gasteiger partial charge in [0.1, 0.15) is 0 Å². The van der Waals surface area contributed by atoms with Gasteiger partial charge in [-0.05, 0) is 30.2 Å². The monoisotopic (exact) mass is 316 g/mol. The number of benzene rings is 1. The third kappa shape index (κ3) is 10.6. The van der Waals surface area contributed by atoms with Crippen molar-refractivity contribution in [2.45, 2.75) is 97.8 Å². The molecule has 0 fully saturated rings. The number of hydrogen-bond donors (Lipinski definition) is 0. The Morgan fingerprint density at radius 1 is 0.696 bits per heavy atom. The average Bonchev–Trinajstić information content (AvgIpc) is 2.56. The number of unbranched alkanes of at least 4 members (excludes halogenated alkanes) is 9. The van der Waals surface area contributed by atoms with Crippen LogP contribution in [0.1, 0.15) is 97.0 Å². The van der Waals surface area contributed by atoms with Crippen molar-refractivity contribution in [1.82, 2.24) is 0 Å². The highest BCUT2D eigenvalue weighted by Crippen LogP contribution is 2.24. The molecule has 0 nitrogen and oxygen atoms in total. The van der Waals surface area contributed by atoms with E-state index in [0.29, 0.717) is 0 Å². The van der Waals surface area contributed by atoms with E-state index in [-0.39, 0.29) is 0 Å². The fraction of sp³-hybridized carbons (Fsp3) is 0.739. The summed E-state index contributed by atoms with van der Waals surface area (Å²) in [6, 6.07) is 11.0. The standard InChI is InChI=1S/C23H40/c1-4-5-6-7-8-9-10-11-12-16-19-23(21(2)3)20-22-17-14-13-15-18-22/h13-15,17-18,21,23H,4-12,16,19-20H2,1-3H3. The SMILES string of the molecule is CCCCCCCCCCCCC(Cc1ccccc1)C(C)C. The summed E-state index contributed by atoms with van der Waals surface area (Å²) >= 11 is 0. The molecule has 132 valence electrons. The Morgan fingerprint density at radius 3 is 1.74 bits per heavy atom. The van der Waals surface area contributed by atoms with Crippen LogP contribution in [0.4, 0.5) is 0 Å². The minimum Gasteiger partial charge on any atom is -0.0654 e. The van der Waals surface area contributed by atoms with Crippen LogP contribution in [0, 0.1) is 11.8 Å². The van der Waals surface area contributed by atoms with Gasteiger partial charge in [-0.25, -0.2) is 0 Å². The lowest BCUT2D eigenvalue weighted by atomic mass is 9.85. The van der Waals surface area contributed by atoms with Crippen molar-refractivity contribution in [1.29, 1.82) is 0 Å². The highest BCUT2D eigenvalue weighted by Gasteiger charge is 2.13. The molecule has 1 unspecified atom stereocenters. The summed E-state index contributed by atoms with van der Waals surface area (Å²) in [7, 11) is 0. The van der Waals surface area contributed by atoms with Crippen LogP contribution in [-0.2, 0) is 6.42 Å². The molecule has 0 spiro atoms. The van der Waals surface area contributed by atoms with Crippen molar-refractivity contribution in [2.75, 3.05) is 0 Å². The highest BCUT2D eigenvalue weighted by atomic mass is 14.2. The molecule has 0 bridgehead atoms. The summed E-state index contributed by atoms with van der Waals surface area (Å²) in [4.78, 5) is 0. The van der Waals surface area contributed by atoms with Crippen molar-refractivity contribution in [3.63, 3.8) is 0 Å². The van der Waals surface area contributed by atoms with Gasteiger partial charge < -0.3 is 0 Å². The van der Waals surface area contributed by atoms with E-state index < -0.39 is 0 Å². The molecule has 1 rings (SSSR count). The highest BCUT2D eigenvalue weighted by molar-refractivity contribution is 5.15. The van der Waals surface area contributed by atoms with E-state index in [9.17, 15) is 0 Å². The van der Waals surface area contributed by atoms with Crippen LogP contribution in [0.2, 0.25) is 0 Å². The van der Waals surface area contributed by atoms with Crippen LogP contribution in [0.25, 0.3) is 0 Å². The normalized spacial score (nSPS) is 12.7. The first-order valence-corrected chi connectivity index (χ1v) is 10.3. The molecule has 0 saturated heterocycles. The molecule has 0 amide bonds. The molecule has 1 atom stereocenters. The van der Waals surface area contributed by atoms with Gasteiger partial charge in [0.2, 0.25) is 0 Å². The summed E-state index contributed by atoms with van der Waals surface area (Å²) in [5.41, 5.74) is 1.51. The van der Waals surface area contributed by atoms with Crippen LogP contribution >= 0.6 is 0 Å². The van der Waals surface area contributed by atoms with Crippen LogP contribution < -0.4 is 0 Å². The van der Waals surface area contributed by atoms with E-state index in [1.165, 1.54) is 82.6 Å². The molecule has 0 N–H and O–H groups in total. The Hall–Kier alpha value is -0.780. The minimum atomic E-state index is 0.800. The molecule has 0 aromatic heterocycles. The van der Waals surface area contributed by atoms with Gasteiger partial charge in [0, 0.05) is 0 Å². The molecule has 0 aliphatic carbocycles. The maximum Gasteiger partial charge on any atom is -0.0248 e. The van der Waals surface area contributed by atoms with Crippen molar-refractivity contribution in [3.05, 3.63) is 35.9 Å². The Balaban J connectivity index is 2.05. The van der Waals surface area contributed by atoms with E-state index in [1.807, 2.05) is 0 Å². The Morgan fingerprint density at radius 2 is 1.22 bits per heavy atom. The molecule has 1 aromatic rings. The summed E-state index contributed by atoms with van der Waals surface area (Å²) < 4.78 is 0. The average molecular weight is 317 g/mol. The quantitative estimate of drug-likeness (QED) is 0.307.